The Labute approximate surface area is 144 Å². The third kappa shape index (κ3) is 3.44. The summed E-state index contributed by atoms with van der Waals surface area (Å²) in [4.78, 5) is 26.2. The van der Waals surface area contributed by atoms with Gasteiger partial charge in [-0.1, -0.05) is 42.5 Å². The lowest BCUT2D eigenvalue weighted by atomic mass is 10.2. The van der Waals surface area contributed by atoms with Crippen molar-refractivity contribution in [3.05, 3.63) is 65.1 Å². The summed E-state index contributed by atoms with van der Waals surface area (Å²) < 4.78 is 5.25. The molecule has 2 amide bonds. The van der Waals surface area contributed by atoms with Crippen LogP contribution in [0.25, 0.3) is 6.08 Å². The average Bonchev–Trinajstić information content (AvgIpc) is 2.87. The van der Waals surface area contributed by atoms with Gasteiger partial charge in [0.25, 0.3) is 11.1 Å². The minimum absolute atomic E-state index is 0.0944. The summed E-state index contributed by atoms with van der Waals surface area (Å²) in [6.07, 6.45) is 1.73. The zero-order chi connectivity index (χ0) is 16.9. The molecule has 5 nitrogen and oxygen atoms in total. The van der Waals surface area contributed by atoms with Gasteiger partial charge in [0, 0.05) is 0 Å². The molecule has 0 atom stereocenters. The Morgan fingerprint density at radius 3 is 2.54 bits per heavy atom. The molecule has 0 bridgehead atoms. The zero-order valence-corrected chi connectivity index (χ0v) is 13.9. The van der Waals surface area contributed by atoms with Crippen molar-refractivity contribution in [3.8, 4) is 5.75 Å². The summed E-state index contributed by atoms with van der Waals surface area (Å²) in [7, 11) is 1.57. The van der Waals surface area contributed by atoms with Crippen LogP contribution in [0.1, 0.15) is 5.56 Å². The smallest absolute Gasteiger partial charge is 0.295 e. The van der Waals surface area contributed by atoms with E-state index in [1.54, 1.807) is 13.2 Å². The molecule has 24 heavy (non-hydrogen) atoms. The first-order chi connectivity index (χ1) is 11.7. The number of hydrogen-bond donors (Lipinski definition) is 1. The first-order valence-corrected chi connectivity index (χ1v) is 8.18. The predicted molar refractivity (Wildman–Crippen MR) is 95.7 cm³/mol. The van der Waals surface area contributed by atoms with Gasteiger partial charge in [-0.3, -0.25) is 14.5 Å². The SMILES string of the molecule is COc1ccccc1NCN1C(=O)S/C(=C\c2ccccc2)C1=O. The maximum absolute atomic E-state index is 12.4. The van der Waals surface area contributed by atoms with E-state index in [9.17, 15) is 9.59 Å². The van der Waals surface area contributed by atoms with Gasteiger partial charge in [0.05, 0.1) is 24.4 Å². The lowest BCUT2D eigenvalue weighted by molar-refractivity contribution is -0.122. The van der Waals surface area contributed by atoms with E-state index in [1.165, 1.54) is 4.90 Å². The number of methoxy groups -OCH3 is 1. The molecule has 0 aromatic heterocycles. The van der Waals surface area contributed by atoms with Crippen LogP contribution in [0.2, 0.25) is 0 Å². The number of carbonyl (C=O) groups excluding carboxylic acids is 2. The van der Waals surface area contributed by atoms with E-state index in [0.29, 0.717) is 10.7 Å². The number of rotatable bonds is 5. The highest BCUT2D eigenvalue weighted by atomic mass is 32.2. The number of thioether (sulfide) groups is 1. The van der Waals surface area contributed by atoms with Crippen LogP contribution in [0, 0.1) is 0 Å². The maximum atomic E-state index is 12.4. The van der Waals surface area contributed by atoms with Crippen LogP contribution in [0.15, 0.2) is 59.5 Å². The number of imide groups is 1. The number of nitrogens with one attached hydrogen (secondary N) is 1. The molecule has 1 saturated heterocycles. The molecule has 3 rings (SSSR count). The lowest BCUT2D eigenvalue weighted by Crippen LogP contribution is -2.33. The van der Waals surface area contributed by atoms with Crippen molar-refractivity contribution in [1.29, 1.82) is 0 Å². The second kappa shape index (κ2) is 7.23. The molecule has 1 aliphatic rings. The summed E-state index contributed by atoms with van der Waals surface area (Å²) >= 11 is 0.949. The Kier molecular flexibility index (Phi) is 4.86. The van der Waals surface area contributed by atoms with Gasteiger partial charge < -0.3 is 10.1 Å². The van der Waals surface area contributed by atoms with Gasteiger partial charge in [0.1, 0.15) is 5.75 Å². The van der Waals surface area contributed by atoms with E-state index in [1.807, 2.05) is 54.6 Å². The van der Waals surface area contributed by atoms with Gasteiger partial charge in [-0.25, -0.2) is 0 Å². The van der Waals surface area contributed by atoms with Gasteiger partial charge in [0.15, 0.2) is 0 Å². The number of para-hydroxylation sites is 2. The highest BCUT2D eigenvalue weighted by Crippen LogP contribution is 2.32. The molecule has 0 saturated carbocycles. The van der Waals surface area contributed by atoms with Crippen molar-refractivity contribution in [2.75, 3.05) is 19.1 Å². The van der Waals surface area contributed by atoms with Crippen LogP contribution in [0.4, 0.5) is 10.5 Å². The minimum Gasteiger partial charge on any atom is -0.495 e. The number of hydrogen-bond acceptors (Lipinski definition) is 5. The van der Waals surface area contributed by atoms with E-state index < -0.39 is 0 Å². The van der Waals surface area contributed by atoms with E-state index in [4.69, 9.17) is 4.74 Å². The first kappa shape index (κ1) is 16.1. The number of ether oxygens (including phenoxy) is 1. The van der Waals surface area contributed by atoms with Crippen molar-refractivity contribution >= 4 is 34.7 Å². The van der Waals surface area contributed by atoms with Crippen LogP contribution in [0.3, 0.4) is 0 Å². The molecule has 2 aromatic rings. The molecule has 0 spiro atoms. The Balaban J connectivity index is 1.72. The van der Waals surface area contributed by atoms with Gasteiger partial charge in [-0.2, -0.15) is 0 Å². The standard InChI is InChI=1S/C18H16N2O3S/c1-23-15-10-6-5-9-14(15)19-12-20-17(21)16(24-18(20)22)11-13-7-3-2-4-8-13/h2-11,19H,12H2,1H3/b16-11-. The molecular formula is C18H16N2O3S. The topological polar surface area (TPSA) is 58.6 Å². The van der Waals surface area contributed by atoms with E-state index in [0.717, 1.165) is 23.0 Å². The lowest BCUT2D eigenvalue weighted by Gasteiger charge is -2.16. The molecular weight excluding hydrogens is 324 g/mol. The highest BCUT2D eigenvalue weighted by Gasteiger charge is 2.34. The molecule has 1 heterocycles. The summed E-state index contributed by atoms with van der Waals surface area (Å²) in [5.41, 5.74) is 1.62. The third-order valence-corrected chi connectivity index (χ3v) is 4.41. The summed E-state index contributed by atoms with van der Waals surface area (Å²) in [6.45, 7) is 0.0944. The summed E-state index contributed by atoms with van der Waals surface area (Å²) in [5, 5.41) is 2.78. The molecule has 1 N–H and O–H groups in total. The largest absolute Gasteiger partial charge is 0.495 e. The average molecular weight is 340 g/mol. The van der Waals surface area contributed by atoms with Crippen molar-refractivity contribution in [1.82, 2.24) is 4.90 Å². The number of nitrogens with zero attached hydrogens (tertiary/aromatic N) is 1. The number of carbonyl (C=O) groups is 2. The predicted octanol–water partition coefficient (Wildman–Crippen LogP) is 3.80. The third-order valence-electron chi connectivity index (χ3n) is 3.51. The maximum Gasteiger partial charge on any atom is 0.295 e. The van der Waals surface area contributed by atoms with Gasteiger partial charge in [-0.05, 0) is 35.5 Å². The van der Waals surface area contributed by atoms with Crippen molar-refractivity contribution in [2.24, 2.45) is 0 Å². The van der Waals surface area contributed by atoms with Crippen LogP contribution < -0.4 is 10.1 Å². The van der Waals surface area contributed by atoms with Crippen molar-refractivity contribution < 1.29 is 14.3 Å². The van der Waals surface area contributed by atoms with Gasteiger partial charge >= 0.3 is 0 Å². The molecule has 2 aromatic carbocycles. The quantitative estimate of drug-likeness (QED) is 0.839. The monoisotopic (exact) mass is 340 g/mol. The Morgan fingerprint density at radius 2 is 1.79 bits per heavy atom. The fraction of sp³-hybridized carbons (Fsp3) is 0.111. The first-order valence-electron chi connectivity index (χ1n) is 7.36. The normalized spacial score (nSPS) is 15.9. The molecule has 122 valence electrons. The van der Waals surface area contributed by atoms with Crippen molar-refractivity contribution in [3.63, 3.8) is 0 Å². The zero-order valence-electron chi connectivity index (χ0n) is 13.1. The van der Waals surface area contributed by atoms with Crippen molar-refractivity contribution in [2.45, 2.75) is 0 Å². The molecule has 0 unspecified atom stereocenters. The van der Waals surface area contributed by atoms with Crippen LogP contribution in [-0.4, -0.2) is 29.8 Å². The van der Waals surface area contributed by atoms with Crippen LogP contribution in [0.5, 0.6) is 5.75 Å². The molecule has 6 heteroatoms. The van der Waals surface area contributed by atoms with E-state index in [2.05, 4.69) is 5.32 Å². The van der Waals surface area contributed by atoms with Gasteiger partial charge in [0.2, 0.25) is 0 Å². The minimum atomic E-state index is -0.295. The highest BCUT2D eigenvalue weighted by molar-refractivity contribution is 8.18. The van der Waals surface area contributed by atoms with E-state index >= 15 is 0 Å². The number of anilines is 1. The Bertz CT molecular complexity index is 790. The molecule has 1 aliphatic heterocycles. The van der Waals surface area contributed by atoms with E-state index in [-0.39, 0.29) is 17.8 Å². The Hall–Kier alpha value is -2.73. The summed E-state index contributed by atoms with van der Waals surface area (Å²) in [5.74, 6) is 0.362. The molecule has 1 fully saturated rings. The van der Waals surface area contributed by atoms with Gasteiger partial charge in [-0.15, -0.1) is 0 Å². The fourth-order valence-electron chi connectivity index (χ4n) is 2.29. The van der Waals surface area contributed by atoms with Crippen LogP contribution >= 0.6 is 11.8 Å². The number of benzene rings is 2. The molecule has 0 radical (unpaired) electrons. The Morgan fingerprint density at radius 1 is 1.08 bits per heavy atom. The summed E-state index contributed by atoms with van der Waals surface area (Å²) in [6, 6.07) is 16.8. The second-order valence-corrected chi connectivity index (χ2v) is 6.05. The van der Waals surface area contributed by atoms with Crippen LogP contribution in [-0.2, 0) is 4.79 Å². The fourth-order valence-corrected chi connectivity index (χ4v) is 3.13. The molecule has 0 aliphatic carbocycles. The second-order valence-electron chi connectivity index (χ2n) is 5.06. The number of amides is 2.